The Balaban J connectivity index is 1.63. The smallest absolute Gasteiger partial charge is 0.0899 e. The van der Waals surface area contributed by atoms with E-state index in [1.807, 2.05) is 67.6 Å². The van der Waals surface area contributed by atoms with Gasteiger partial charge in [-0.05, 0) is 23.6 Å². The molecule has 6 nitrogen and oxygen atoms in total. The average Bonchev–Trinajstić information content (AvgIpc) is 2.73. The van der Waals surface area contributed by atoms with Crippen LogP contribution in [0.1, 0.15) is 25.0 Å². The molecule has 0 spiro atoms. The monoisotopic (exact) mass is 381 g/mol. The summed E-state index contributed by atoms with van der Waals surface area (Å²) in [5.74, 6) is 0.0335. The highest BCUT2D eigenvalue weighted by Crippen LogP contribution is 2.31. The van der Waals surface area contributed by atoms with E-state index in [0.717, 1.165) is 11.1 Å². The van der Waals surface area contributed by atoms with E-state index in [1.165, 1.54) is 0 Å². The van der Waals surface area contributed by atoms with Crippen LogP contribution in [0.2, 0.25) is 0 Å². The first-order valence-corrected chi connectivity index (χ1v) is 9.66. The minimum Gasteiger partial charge on any atom is -0.374 e. The van der Waals surface area contributed by atoms with Gasteiger partial charge in [0.25, 0.3) is 0 Å². The van der Waals surface area contributed by atoms with Crippen molar-refractivity contribution in [3.8, 4) is 0 Å². The quantitative estimate of drug-likeness (QED) is 0.371. The molecule has 1 fully saturated rings. The summed E-state index contributed by atoms with van der Waals surface area (Å²) in [7, 11) is 0. The summed E-state index contributed by atoms with van der Waals surface area (Å²) in [6, 6.07) is 19.7. The number of benzene rings is 2. The predicted molar refractivity (Wildman–Crippen MR) is 108 cm³/mol. The summed E-state index contributed by atoms with van der Waals surface area (Å²) in [6.45, 7) is 5.47. The summed E-state index contributed by atoms with van der Waals surface area (Å²) < 4.78 is 18.2. The van der Waals surface area contributed by atoms with Crippen LogP contribution in [0.5, 0.6) is 0 Å². The molecule has 148 valence electrons. The molecule has 5 atom stereocenters. The Morgan fingerprint density at radius 1 is 0.964 bits per heavy atom. The molecule has 28 heavy (non-hydrogen) atoms. The van der Waals surface area contributed by atoms with E-state index in [4.69, 9.17) is 19.7 Å². The highest BCUT2D eigenvalue weighted by Gasteiger charge is 2.42. The van der Waals surface area contributed by atoms with Crippen LogP contribution in [-0.2, 0) is 27.4 Å². The summed E-state index contributed by atoms with van der Waals surface area (Å²) >= 11 is 0. The van der Waals surface area contributed by atoms with Gasteiger partial charge >= 0.3 is 0 Å². The van der Waals surface area contributed by atoms with Crippen LogP contribution in [-0.4, -0.2) is 31.0 Å². The Hall–Kier alpha value is -2.37. The van der Waals surface area contributed by atoms with E-state index in [1.54, 1.807) is 0 Å². The molecule has 1 heterocycles. The van der Waals surface area contributed by atoms with Crippen molar-refractivity contribution in [3.63, 3.8) is 0 Å². The second-order valence-corrected chi connectivity index (χ2v) is 7.20. The lowest BCUT2D eigenvalue weighted by atomic mass is 9.87. The number of ether oxygens (including phenoxy) is 3. The van der Waals surface area contributed by atoms with Crippen molar-refractivity contribution < 1.29 is 14.2 Å². The molecule has 6 heteroatoms. The van der Waals surface area contributed by atoms with Gasteiger partial charge in [0, 0.05) is 10.8 Å². The van der Waals surface area contributed by atoms with Crippen LogP contribution in [0, 0.1) is 5.92 Å². The molecule has 0 N–H and O–H groups in total. The first-order chi connectivity index (χ1) is 13.7. The fraction of sp³-hybridized carbons (Fsp3) is 0.455. The Morgan fingerprint density at radius 3 is 2.18 bits per heavy atom. The average molecular weight is 381 g/mol. The van der Waals surface area contributed by atoms with Gasteiger partial charge in [0.1, 0.15) is 0 Å². The molecule has 0 aromatic heterocycles. The maximum absolute atomic E-state index is 8.98. The Morgan fingerprint density at radius 2 is 1.57 bits per heavy atom. The highest BCUT2D eigenvalue weighted by molar-refractivity contribution is 5.14. The van der Waals surface area contributed by atoms with Gasteiger partial charge in [0.15, 0.2) is 0 Å². The van der Waals surface area contributed by atoms with Crippen molar-refractivity contribution in [3.05, 3.63) is 82.2 Å². The molecule has 1 saturated heterocycles. The fourth-order valence-corrected chi connectivity index (χ4v) is 3.56. The normalized spacial score (nSPS) is 27.1. The lowest BCUT2D eigenvalue weighted by Crippen LogP contribution is -2.53. The predicted octanol–water partition coefficient (Wildman–Crippen LogP) is 4.89. The molecule has 5 unspecified atom stereocenters. The maximum atomic E-state index is 8.98. The van der Waals surface area contributed by atoms with Crippen molar-refractivity contribution in [1.29, 1.82) is 0 Å². The lowest BCUT2D eigenvalue weighted by Gasteiger charge is -2.43. The molecule has 1 aliphatic rings. The SMILES string of the molecule is CC1OC(COCc2ccccc2)C(C)C(OCc2ccccc2)C1N=[N+]=[N-]. The third-order valence-corrected chi connectivity index (χ3v) is 5.18. The lowest BCUT2D eigenvalue weighted by molar-refractivity contribution is -0.175. The van der Waals surface area contributed by atoms with Crippen molar-refractivity contribution in [2.75, 3.05) is 6.61 Å². The van der Waals surface area contributed by atoms with E-state index in [0.29, 0.717) is 19.8 Å². The zero-order chi connectivity index (χ0) is 19.8. The van der Waals surface area contributed by atoms with Gasteiger partial charge in [-0.1, -0.05) is 72.7 Å². The largest absolute Gasteiger partial charge is 0.374 e. The molecule has 2 aromatic carbocycles. The number of azide groups is 1. The summed E-state index contributed by atoms with van der Waals surface area (Å²) in [6.07, 6.45) is -0.590. The van der Waals surface area contributed by atoms with Crippen molar-refractivity contribution in [2.45, 2.75) is 51.4 Å². The van der Waals surface area contributed by atoms with E-state index < -0.39 is 0 Å². The van der Waals surface area contributed by atoms with E-state index in [9.17, 15) is 0 Å². The minimum atomic E-state index is -0.367. The van der Waals surface area contributed by atoms with Crippen LogP contribution in [0.15, 0.2) is 65.8 Å². The number of hydrogen-bond acceptors (Lipinski definition) is 4. The van der Waals surface area contributed by atoms with Gasteiger partial charge in [-0.15, -0.1) is 0 Å². The zero-order valence-corrected chi connectivity index (χ0v) is 16.3. The van der Waals surface area contributed by atoms with Crippen LogP contribution >= 0.6 is 0 Å². The van der Waals surface area contributed by atoms with Crippen LogP contribution < -0.4 is 0 Å². The second-order valence-electron chi connectivity index (χ2n) is 7.20. The van der Waals surface area contributed by atoms with Crippen LogP contribution in [0.25, 0.3) is 10.4 Å². The number of hydrogen-bond donors (Lipinski definition) is 0. The molecule has 0 bridgehead atoms. The molecular weight excluding hydrogens is 354 g/mol. The van der Waals surface area contributed by atoms with E-state index in [2.05, 4.69) is 16.9 Å². The molecule has 0 amide bonds. The van der Waals surface area contributed by atoms with E-state index >= 15 is 0 Å². The van der Waals surface area contributed by atoms with Gasteiger partial charge in [0.05, 0.1) is 44.2 Å². The molecule has 0 radical (unpaired) electrons. The maximum Gasteiger partial charge on any atom is 0.0899 e. The van der Waals surface area contributed by atoms with Gasteiger partial charge in [0.2, 0.25) is 0 Å². The summed E-state index contributed by atoms with van der Waals surface area (Å²) in [4.78, 5) is 3.01. The van der Waals surface area contributed by atoms with Gasteiger partial charge < -0.3 is 14.2 Å². The van der Waals surface area contributed by atoms with Crippen molar-refractivity contribution >= 4 is 0 Å². The number of nitrogens with zero attached hydrogens (tertiary/aromatic N) is 3. The third kappa shape index (κ3) is 5.33. The highest BCUT2D eigenvalue weighted by atomic mass is 16.5. The second kappa shape index (κ2) is 10.2. The summed E-state index contributed by atoms with van der Waals surface area (Å²) in [5, 5.41) is 3.96. The Labute approximate surface area is 166 Å². The minimum absolute atomic E-state index is 0.0335. The van der Waals surface area contributed by atoms with Crippen LogP contribution in [0.4, 0.5) is 0 Å². The zero-order valence-electron chi connectivity index (χ0n) is 16.3. The molecule has 2 aromatic rings. The first-order valence-electron chi connectivity index (χ1n) is 9.66. The summed E-state index contributed by atoms with van der Waals surface area (Å²) in [5.41, 5.74) is 11.2. The van der Waals surface area contributed by atoms with Gasteiger partial charge in [-0.25, -0.2) is 0 Å². The topological polar surface area (TPSA) is 76.5 Å². The number of rotatable bonds is 8. The molecule has 0 aliphatic carbocycles. The van der Waals surface area contributed by atoms with Gasteiger partial charge in [-0.3, -0.25) is 0 Å². The molecular formula is C22H27N3O3. The van der Waals surface area contributed by atoms with Crippen LogP contribution in [0.3, 0.4) is 0 Å². The first kappa shape index (κ1) is 20.4. The Bertz CT molecular complexity index is 765. The standard InChI is InChI=1S/C22H27N3O3/c1-16-20(15-26-13-18-9-5-3-6-10-18)28-17(2)21(24-25-23)22(16)27-14-19-11-7-4-8-12-19/h3-12,16-17,20-22H,13-15H2,1-2H3. The van der Waals surface area contributed by atoms with Crippen molar-refractivity contribution in [1.82, 2.24) is 0 Å². The molecule has 3 rings (SSSR count). The molecule has 1 aliphatic heterocycles. The third-order valence-electron chi connectivity index (χ3n) is 5.18. The van der Waals surface area contributed by atoms with Crippen molar-refractivity contribution in [2.24, 2.45) is 11.0 Å². The fourth-order valence-electron chi connectivity index (χ4n) is 3.56. The molecule has 0 saturated carbocycles. The van der Waals surface area contributed by atoms with E-state index in [-0.39, 0.29) is 30.3 Å². The Kier molecular flexibility index (Phi) is 7.46. The van der Waals surface area contributed by atoms with Gasteiger partial charge in [-0.2, -0.15) is 0 Å².